The number of piperidine rings is 1. The second-order valence-corrected chi connectivity index (χ2v) is 9.46. The van der Waals surface area contributed by atoms with Crippen molar-refractivity contribution >= 4 is 5.91 Å². The number of carbonyl (C=O) groups is 1. The van der Waals surface area contributed by atoms with E-state index in [4.69, 9.17) is 0 Å². The van der Waals surface area contributed by atoms with Crippen LogP contribution in [0, 0.1) is 17.5 Å². The zero-order valence-corrected chi connectivity index (χ0v) is 19.7. The molecular formula is C27H34F3N3O. The summed E-state index contributed by atoms with van der Waals surface area (Å²) in [5, 5.41) is 0. The maximum absolute atomic E-state index is 14.4. The third-order valence-electron chi connectivity index (χ3n) is 7.14. The summed E-state index contributed by atoms with van der Waals surface area (Å²) in [6, 6.07) is 11.6. The molecule has 4 nitrogen and oxygen atoms in total. The van der Waals surface area contributed by atoms with Gasteiger partial charge in [-0.25, -0.2) is 13.2 Å². The van der Waals surface area contributed by atoms with Crippen molar-refractivity contribution in [3.05, 3.63) is 71.0 Å². The van der Waals surface area contributed by atoms with Gasteiger partial charge in [-0.05, 0) is 69.8 Å². The molecule has 2 aromatic carbocycles. The average Bonchev–Trinajstić information content (AvgIpc) is 3.37. The predicted molar refractivity (Wildman–Crippen MR) is 127 cm³/mol. The fraction of sp³-hybridized carbons (Fsp3) is 0.519. The predicted octanol–water partition coefficient (Wildman–Crippen LogP) is 4.74. The Morgan fingerprint density at radius 2 is 1.50 bits per heavy atom. The van der Waals surface area contributed by atoms with Crippen LogP contribution in [0.5, 0.6) is 0 Å². The van der Waals surface area contributed by atoms with Crippen molar-refractivity contribution in [2.45, 2.75) is 44.6 Å². The van der Waals surface area contributed by atoms with Crippen molar-refractivity contribution in [1.29, 1.82) is 0 Å². The molecule has 2 aromatic rings. The van der Waals surface area contributed by atoms with Gasteiger partial charge in [-0.15, -0.1) is 0 Å². The summed E-state index contributed by atoms with van der Waals surface area (Å²) in [5.41, 5.74) is 0.954. The highest BCUT2D eigenvalue weighted by molar-refractivity contribution is 5.94. The zero-order chi connectivity index (χ0) is 23.9. The lowest BCUT2D eigenvalue weighted by Crippen LogP contribution is -2.50. The molecule has 2 aliphatic heterocycles. The van der Waals surface area contributed by atoms with E-state index in [1.54, 1.807) is 4.90 Å². The molecule has 0 saturated carbocycles. The van der Waals surface area contributed by atoms with E-state index in [0.29, 0.717) is 25.2 Å². The van der Waals surface area contributed by atoms with E-state index in [0.717, 1.165) is 71.2 Å². The molecule has 2 heterocycles. The van der Waals surface area contributed by atoms with Gasteiger partial charge in [0.05, 0.1) is 5.56 Å². The fourth-order valence-corrected chi connectivity index (χ4v) is 5.15. The highest BCUT2D eigenvalue weighted by Gasteiger charge is 2.31. The summed E-state index contributed by atoms with van der Waals surface area (Å²) in [4.78, 5) is 19.7. The molecule has 0 aliphatic carbocycles. The number of nitrogens with zero attached hydrogens (tertiary/aromatic N) is 3. The molecule has 2 saturated heterocycles. The Labute approximate surface area is 200 Å². The number of hydrogen-bond donors (Lipinski definition) is 0. The van der Waals surface area contributed by atoms with Crippen molar-refractivity contribution in [2.24, 2.45) is 0 Å². The third-order valence-corrected chi connectivity index (χ3v) is 7.14. The van der Waals surface area contributed by atoms with E-state index >= 15 is 0 Å². The van der Waals surface area contributed by atoms with Gasteiger partial charge in [0, 0.05) is 38.3 Å². The fourth-order valence-electron chi connectivity index (χ4n) is 5.15. The summed E-state index contributed by atoms with van der Waals surface area (Å²) in [5.74, 6) is -4.02. The standard InChI is InChI=1S/C27H34F3N3O/c28-24-20-26(30)25(29)19-23(24)27(34)33(18-17-31-12-4-5-13-31)22-10-15-32(16-11-22)14-6-9-21-7-2-1-3-8-21/h1-3,7-8,19-20,22H,4-6,9-18H2. The number of hydrogen-bond acceptors (Lipinski definition) is 3. The zero-order valence-electron chi connectivity index (χ0n) is 19.7. The van der Waals surface area contributed by atoms with Crippen LogP contribution in [0.4, 0.5) is 13.2 Å². The molecule has 0 unspecified atom stereocenters. The molecule has 0 atom stereocenters. The molecule has 34 heavy (non-hydrogen) atoms. The molecule has 2 aliphatic rings. The van der Waals surface area contributed by atoms with Crippen LogP contribution < -0.4 is 0 Å². The molecule has 0 N–H and O–H groups in total. The van der Waals surface area contributed by atoms with Gasteiger partial charge in [0.25, 0.3) is 5.91 Å². The Hall–Kier alpha value is -2.38. The van der Waals surface area contributed by atoms with Gasteiger partial charge in [0.1, 0.15) is 5.82 Å². The smallest absolute Gasteiger partial charge is 0.257 e. The number of benzene rings is 2. The molecule has 0 aromatic heterocycles. The van der Waals surface area contributed by atoms with Gasteiger partial charge in [0.2, 0.25) is 0 Å². The van der Waals surface area contributed by atoms with Gasteiger partial charge in [-0.1, -0.05) is 30.3 Å². The first kappa shape index (κ1) is 24.7. The third kappa shape index (κ3) is 6.39. The van der Waals surface area contributed by atoms with Crippen LogP contribution in [-0.2, 0) is 6.42 Å². The molecule has 0 bridgehead atoms. The maximum atomic E-state index is 14.4. The minimum Gasteiger partial charge on any atom is -0.334 e. The molecule has 184 valence electrons. The van der Waals surface area contributed by atoms with Crippen LogP contribution in [-0.4, -0.2) is 72.5 Å². The van der Waals surface area contributed by atoms with Crippen molar-refractivity contribution in [2.75, 3.05) is 45.8 Å². The van der Waals surface area contributed by atoms with Crippen molar-refractivity contribution in [3.8, 4) is 0 Å². The van der Waals surface area contributed by atoms with E-state index in [1.165, 1.54) is 5.56 Å². The summed E-state index contributed by atoms with van der Waals surface area (Å²) >= 11 is 0. The van der Waals surface area contributed by atoms with Crippen LogP contribution in [0.15, 0.2) is 42.5 Å². The largest absolute Gasteiger partial charge is 0.334 e. The average molecular weight is 474 g/mol. The first-order valence-corrected chi connectivity index (χ1v) is 12.5. The Kier molecular flexibility index (Phi) is 8.62. The van der Waals surface area contributed by atoms with Gasteiger partial charge in [0.15, 0.2) is 11.6 Å². The topological polar surface area (TPSA) is 26.8 Å². The summed E-state index contributed by atoms with van der Waals surface area (Å²) < 4.78 is 41.7. The number of rotatable bonds is 9. The second-order valence-electron chi connectivity index (χ2n) is 9.46. The summed E-state index contributed by atoms with van der Waals surface area (Å²) in [7, 11) is 0. The Bertz CT molecular complexity index is 942. The summed E-state index contributed by atoms with van der Waals surface area (Å²) in [6.07, 6.45) is 5.99. The van der Waals surface area contributed by atoms with E-state index in [-0.39, 0.29) is 11.6 Å². The van der Waals surface area contributed by atoms with Crippen molar-refractivity contribution < 1.29 is 18.0 Å². The van der Waals surface area contributed by atoms with Crippen LogP contribution >= 0.6 is 0 Å². The number of halogens is 3. The van der Waals surface area contributed by atoms with Gasteiger partial charge < -0.3 is 14.7 Å². The number of aryl methyl sites for hydroxylation is 1. The molecule has 4 rings (SSSR count). The van der Waals surface area contributed by atoms with Gasteiger partial charge in [-0.3, -0.25) is 4.79 Å². The van der Waals surface area contributed by atoms with Crippen LogP contribution in [0.3, 0.4) is 0 Å². The van der Waals surface area contributed by atoms with E-state index in [9.17, 15) is 18.0 Å². The highest BCUT2D eigenvalue weighted by Crippen LogP contribution is 2.23. The summed E-state index contributed by atoms with van der Waals surface area (Å²) in [6.45, 7) is 5.93. The Balaban J connectivity index is 1.37. The quantitative estimate of drug-likeness (QED) is 0.493. The van der Waals surface area contributed by atoms with Gasteiger partial charge in [-0.2, -0.15) is 0 Å². The normalized spacial score (nSPS) is 17.9. The molecule has 0 radical (unpaired) electrons. The minimum absolute atomic E-state index is 0.0343. The minimum atomic E-state index is -1.28. The van der Waals surface area contributed by atoms with E-state index in [2.05, 4.69) is 34.1 Å². The lowest BCUT2D eigenvalue weighted by molar-refractivity contribution is 0.0542. The van der Waals surface area contributed by atoms with Crippen molar-refractivity contribution in [3.63, 3.8) is 0 Å². The first-order valence-electron chi connectivity index (χ1n) is 12.5. The number of likely N-dealkylation sites (tertiary alicyclic amines) is 2. The highest BCUT2D eigenvalue weighted by atomic mass is 19.2. The Morgan fingerprint density at radius 1 is 0.853 bits per heavy atom. The van der Waals surface area contributed by atoms with Crippen molar-refractivity contribution in [1.82, 2.24) is 14.7 Å². The molecule has 2 fully saturated rings. The first-order chi connectivity index (χ1) is 16.5. The van der Waals surface area contributed by atoms with E-state index < -0.39 is 23.4 Å². The molecule has 7 heteroatoms. The van der Waals surface area contributed by atoms with Gasteiger partial charge >= 0.3 is 0 Å². The molecule has 0 spiro atoms. The molecular weight excluding hydrogens is 439 g/mol. The Morgan fingerprint density at radius 3 is 2.21 bits per heavy atom. The van der Waals surface area contributed by atoms with Crippen LogP contribution in [0.25, 0.3) is 0 Å². The molecule has 1 amide bonds. The van der Waals surface area contributed by atoms with Crippen LogP contribution in [0.2, 0.25) is 0 Å². The van der Waals surface area contributed by atoms with Crippen LogP contribution in [0.1, 0.15) is 48.0 Å². The number of carbonyl (C=O) groups excluding carboxylic acids is 1. The second kappa shape index (κ2) is 11.8. The lowest BCUT2D eigenvalue weighted by Gasteiger charge is -2.39. The lowest BCUT2D eigenvalue weighted by atomic mass is 10.0. The monoisotopic (exact) mass is 473 g/mol. The maximum Gasteiger partial charge on any atom is 0.257 e. The number of amides is 1. The van der Waals surface area contributed by atoms with E-state index in [1.807, 2.05) is 6.07 Å². The SMILES string of the molecule is O=C(c1cc(F)c(F)cc1F)N(CCN1CCCC1)C1CCN(CCCc2ccccc2)CC1.